The smallest absolute Gasteiger partial charge is 0.341 e. The molecule has 5 nitrogen and oxygen atoms in total. The van der Waals surface area contributed by atoms with Crippen LogP contribution in [0.5, 0.6) is 5.75 Å². The molecule has 158 valence electrons. The number of hydrogen-bond acceptors (Lipinski definition) is 4. The van der Waals surface area contributed by atoms with E-state index in [9.17, 15) is 9.90 Å². The highest BCUT2D eigenvalue weighted by Crippen LogP contribution is 2.34. The van der Waals surface area contributed by atoms with Crippen LogP contribution in [0.2, 0.25) is 5.02 Å². The fourth-order valence-electron chi connectivity index (χ4n) is 3.79. The molecule has 2 aromatic carbocycles. The molecule has 1 aliphatic carbocycles. The molecule has 0 bridgehead atoms. The fraction of sp³-hybridized carbons (Fsp3) is 0.435. The summed E-state index contributed by atoms with van der Waals surface area (Å²) in [4.78, 5) is 10.7. The van der Waals surface area contributed by atoms with E-state index in [1.165, 1.54) is 5.56 Å². The standard InChI is InChI=1S/C22H26ClNO4.CH4/c23-18-7-1-6-17(10-18)21(25)13-24-19-8-2-4-15(11-19)16-5-3-9-20(12-16)28-14-22(26)27;/h1,3,5-7,9-10,12,15,19,21,24-25H,2,4,8,11,13-14H2,(H,26,27);1H4/t15?,19?,21-;/m0./s1. The van der Waals surface area contributed by atoms with Crippen LogP contribution in [-0.2, 0) is 4.79 Å². The second-order valence-electron chi connectivity index (χ2n) is 7.29. The summed E-state index contributed by atoms with van der Waals surface area (Å²) in [5.74, 6) is -0.0000958. The lowest BCUT2D eigenvalue weighted by atomic mass is 9.81. The van der Waals surface area contributed by atoms with E-state index in [0.717, 1.165) is 31.2 Å². The number of carboxylic acid groups (broad SMARTS) is 1. The van der Waals surface area contributed by atoms with Crippen molar-refractivity contribution in [2.24, 2.45) is 0 Å². The maximum absolute atomic E-state index is 10.7. The summed E-state index contributed by atoms with van der Waals surface area (Å²) in [6, 6.07) is 15.3. The Balaban J connectivity index is 0.00000300. The van der Waals surface area contributed by atoms with Crippen molar-refractivity contribution in [2.75, 3.05) is 13.2 Å². The minimum absolute atomic E-state index is 0. The molecule has 2 aromatic rings. The highest BCUT2D eigenvalue weighted by molar-refractivity contribution is 6.30. The minimum atomic E-state index is -0.981. The number of ether oxygens (including phenoxy) is 1. The maximum atomic E-state index is 10.7. The van der Waals surface area contributed by atoms with Crippen molar-refractivity contribution < 1.29 is 19.7 Å². The molecule has 0 spiro atoms. The first-order valence-electron chi connectivity index (χ1n) is 9.62. The van der Waals surface area contributed by atoms with Gasteiger partial charge in [-0.2, -0.15) is 0 Å². The third-order valence-corrected chi connectivity index (χ3v) is 5.43. The molecule has 1 aliphatic rings. The Morgan fingerprint density at radius 2 is 2.00 bits per heavy atom. The SMILES string of the molecule is C.O=C(O)COc1cccc(C2CCCC(NC[C@H](O)c3cccc(Cl)c3)C2)c1. The number of aliphatic hydroxyl groups excluding tert-OH is 1. The summed E-state index contributed by atoms with van der Waals surface area (Å²) in [6.07, 6.45) is 3.66. The second-order valence-corrected chi connectivity index (χ2v) is 7.73. The number of hydrogen-bond donors (Lipinski definition) is 3. The van der Waals surface area contributed by atoms with Crippen LogP contribution in [0.1, 0.15) is 56.3 Å². The average molecular weight is 420 g/mol. The Morgan fingerprint density at radius 1 is 1.21 bits per heavy atom. The van der Waals surface area contributed by atoms with Crippen LogP contribution >= 0.6 is 11.6 Å². The third-order valence-electron chi connectivity index (χ3n) is 5.20. The highest BCUT2D eigenvalue weighted by atomic mass is 35.5. The Morgan fingerprint density at radius 3 is 2.76 bits per heavy atom. The zero-order valence-corrected chi connectivity index (χ0v) is 16.4. The van der Waals surface area contributed by atoms with Gasteiger partial charge in [0.25, 0.3) is 0 Å². The van der Waals surface area contributed by atoms with Gasteiger partial charge in [-0.25, -0.2) is 4.79 Å². The van der Waals surface area contributed by atoms with Crippen LogP contribution < -0.4 is 10.1 Å². The number of benzene rings is 2. The summed E-state index contributed by atoms with van der Waals surface area (Å²) in [5, 5.41) is 23.3. The molecule has 1 saturated carbocycles. The molecular weight excluding hydrogens is 390 g/mol. The minimum Gasteiger partial charge on any atom is -0.482 e. The van der Waals surface area contributed by atoms with E-state index in [2.05, 4.69) is 11.4 Å². The van der Waals surface area contributed by atoms with Crippen LogP contribution in [-0.4, -0.2) is 35.4 Å². The quantitative estimate of drug-likeness (QED) is 0.573. The van der Waals surface area contributed by atoms with Crippen molar-refractivity contribution in [1.82, 2.24) is 5.32 Å². The molecule has 0 amide bonds. The Hall–Kier alpha value is -2.08. The highest BCUT2D eigenvalue weighted by Gasteiger charge is 2.24. The number of rotatable bonds is 8. The van der Waals surface area contributed by atoms with Crippen molar-refractivity contribution in [3.05, 3.63) is 64.7 Å². The van der Waals surface area contributed by atoms with Crippen LogP contribution in [0.3, 0.4) is 0 Å². The van der Waals surface area contributed by atoms with E-state index in [4.69, 9.17) is 21.4 Å². The number of halogens is 1. The van der Waals surface area contributed by atoms with Gasteiger partial charge in [0, 0.05) is 17.6 Å². The van der Waals surface area contributed by atoms with E-state index in [1.54, 1.807) is 18.2 Å². The second kappa shape index (κ2) is 11.2. The first-order valence-corrected chi connectivity index (χ1v) is 10.0. The number of carbonyl (C=O) groups is 1. The average Bonchev–Trinajstić information content (AvgIpc) is 2.71. The van der Waals surface area contributed by atoms with Crippen molar-refractivity contribution in [3.63, 3.8) is 0 Å². The predicted molar refractivity (Wildman–Crippen MR) is 116 cm³/mol. The number of aliphatic hydroxyl groups is 1. The molecule has 0 aliphatic heterocycles. The molecule has 3 rings (SSSR count). The fourth-order valence-corrected chi connectivity index (χ4v) is 3.99. The lowest BCUT2D eigenvalue weighted by Crippen LogP contribution is -2.36. The van der Waals surface area contributed by atoms with Gasteiger partial charge in [0.1, 0.15) is 5.75 Å². The van der Waals surface area contributed by atoms with Crippen LogP contribution in [0.15, 0.2) is 48.5 Å². The Bertz CT molecular complexity index is 798. The van der Waals surface area contributed by atoms with E-state index in [-0.39, 0.29) is 14.0 Å². The van der Waals surface area contributed by atoms with Crippen molar-refractivity contribution in [1.29, 1.82) is 0 Å². The van der Waals surface area contributed by atoms with Crippen molar-refractivity contribution >= 4 is 17.6 Å². The van der Waals surface area contributed by atoms with Gasteiger partial charge in [-0.15, -0.1) is 0 Å². The lowest BCUT2D eigenvalue weighted by Gasteiger charge is -2.31. The Labute approximate surface area is 177 Å². The van der Waals surface area contributed by atoms with E-state index in [1.807, 2.05) is 24.3 Å². The molecule has 29 heavy (non-hydrogen) atoms. The molecule has 1 fully saturated rings. The summed E-state index contributed by atoms with van der Waals surface area (Å²) >= 11 is 6.00. The monoisotopic (exact) mass is 419 g/mol. The zero-order chi connectivity index (χ0) is 19.9. The van der Waals surface area contributed by atoms with Gasteiger partial charge in [-0.3, -0.25) is 0 Å². The predicted octanol–water partition coefficient (Wildman–Crippen LogP) is 4.79. The molecule has 3 atom stereocenters. The van der Waals surface area contributed by atoms with Gasteiger partial charge >= 0.3 is 5.97 Å². The molecule has 0 saturated heterocycles. The van der Waals surface area contributed by atoms with E-state index in [0.29, 0.717) is 29.3 Å². The normalized spacial score (nSPS) is 19.8. The number of aliphatic carboxylic acids is 1. The van der Waals surface area contributed by atoms with Gasteiger partial charge in [0.2, 0.25) is 0 Å². The van der Waals surface area contributed by atoms with Gasteiger partial charge < -0.3 is 20.3 Å². The van der Waals surface area contributed by atoms with Crippen LogP contribution in [0, 0.1) is 0 Å². The largest absolute Gasteiger partial charge is 0.482 e. The molecule has 0 radical (unpaired) electrons. The lowest BCUT2D eigenvalue weighted by molar-refractivity contribution is -0.139. The zero-order valence-electron chi connectivity index (χ0n) is 15.7. The van der Waals surface area contributed by atoms with Crippen LogP contribution in [0.25, 0.3) is 0 Å². The Kier molecular flexibility index (Phi) is 8.96. The first-order chi connectivity index (χ1) is 13.5. The van der Waals surface area contributed by atoms with Gasteiger partial charge in [0.15, 0.2) is 6.61 Å². The first kappa shape index (κ1) is 23.2. The van der Waals surface area contributed by atoms with E-state index >= 15 is 0 Å². The van der Waals surface area contributed by atoms with Gasteiger partial charge in [0.05, 0.1) is 6.10 Å². The topological polar surface area (TPSA) is 78.8 Å². The molecule has 0 heterocycles. The maximum Gasteiger partial charge on any atom is 0.341 e. The van der Waals surface area contributed by atoms with Gasteiger partial charge in [-0.05, 0) is 60.6 Å². The van der Waals surface area contributed by atoms with Gasteiger partial charge in [-0.1, -0.05) is 49.7 Å². The van der Waals surface area contributed by atoms with E-state index < -0.39 is 12.1 Å². The van der Waals surface area contributed by atoms with Crippen LogP contribution in [0.4, 0.5) is 0 Å². The molecule has 6 heteroatoms. The number of nitrogens with one attached hydrogen (secondary N) is 1. The molecule has 2 unspecified atom stereocenters. The summed E-state index contributed by atoms with van der Waals surface area (Å²) < 4.78 is 5.30. The summed E-state index contributed by atoms with van der Waals surface area (Å²) in [5.41, 5.74) is 1.99. The number of carboxylic acids is 1. The summed E-state index contributed by atoms with van der Waals surface area (Å²) in [6.45, 7) is 0.152. The van der Waals surface area contributed by atoms with Crippen molar-refractivity contribution in [2.45, 2.75) is 51.2 Å². The van der Waals surface area contributed by atoms with Crippen molar-refractivity contribution in [3.8, 4) is 5.75 Å². The summed E-state index contributed by atoms with van der Waals surface area (Å²) in [7, 11) is 0. The third kappa shape index (κ3) is 7.03. The molecule has 3 N–H and O–H groups in total. The molecular formula is C23H30ClNO4. The molecule has 0 aromatic heterocycles.